The first-order valence-corrected chi connectivity index (χ1v) is 6.42. The van der Waals surface area contributed by atoms with Crippen LogP contribution in [0.3, 0.4) is 0 Å². The van der Waals surface area contributed by atoms with Crippen molar-refractivity contribution in [2.24, 2.45) is 0 Å². The van der Waals surface area contributed by atoms with Crippen LogP contribution in [-0.2, 0) is 9.53 Å². The number of allylic oxidation sites excluding steroid dienone is 2. The molecular weight excluding hydrogens is 264 g/mol. The molecule has 2 rings (SSSR count). The second-order valence-electron chi connectivity index (χ2n) is 4.55. The normalized spacial score (nSPS) is 14.9. The van der Waals surface area contributed by atoms with Crippen LogP contribution in [0.15, 0.2) is 41.2 Å². The summed E-state index contributed by atoms with van der Waals surface area (Å²) < 4.78 is 5.31. The average Bonchev–Trinajstić information content (AvgIpc) is 2.68. The molecule has 1 aliphatic rings. The molecule has 0 atom stereocenters. The van der Waals surface area contributed by atoms with Crippen LogP contribution in [0.4, 0.5) is 0 Å². The Balaban J connectivity index is 2.57. The van der Waals surface area contributed by atoms with Gasteiger partial charge in [-0.1, -0.05) is 23.7 Å². The Labute approximate surface area is 117 Å². The molecule has 0 radical (unpaired) electrons. The molecule has 3 nitrogen and oxygen atoms in total. The lowest BCUT2D eigenvalue weighted by Crippen LogP contribution is -1.98. The zero-order valence-electron chi connectivity index (χ0n) is 10.9. The largest absolute Gasteiger partial charge is 0.423 e. The predicted octanol–water partition coefficient (Wildman–Crippen LogP) is 3.33. The number of carbonyl (C=O) groups excluding carboxylic acids is 1. The number of esters is 1. The van der Waals surface area contributed by atoms with Gasteiger partial charge in [0.2, 0.25) is 0 Å². The smallest absolute Gasteiger partial charge is 0.344 e. The first-order chi connectivity index (χ1) is 9.04. The van der Waals surface area contributed by atoms with Gasteiger partial charge in [0.05, 0.1) is 5.57 Å². The summed E-state index contributed by atoms with van der Waals surface area (Å²) in [6.45, 7) is 3.73. The van der Waals surface area contributed by atoms with Gasteiger partial charge in [-0.05, 0) is 37.1 Å². The fourth-order valence-electron chi connectivity index (χ4n) is 2.10. The van der Waals surface area contributed by atoms with Crippen LogP contribution in [0.1, 0.15) is 25.8 Å². The van der Waals surface area contributed by atoms with Crippen molar-refractivity contribution in [3.8, 4) is 0 Å². The number of rotatable bonds is 3. The number of benzene rings is 1. The highest BCUT2D eigenvalue weighted by Crippen LogP contribution is 2.36. The molecule has 19 heavy (non-hydrogen) atoms. The molecule has 0 aliphatic carbocycles. The van der Waals surface area contributed by atoms with Gasteiger partial charge in [-0.2, -0.15) is 0 Å². The van der Waals surface area contributed by atoms with E-state index >= 15 is 0 Å². The van der Waals surface area contributed by atoms with Crippen LogP contribution >= 0.6 is 11.6 Å². The van der Waals surface area contributed by atoms with Crippen LogP contribution in [0.2, 0.25) is 5.02 Å². The second-order valence-corrected chi connectivity index (χ2v) is 4.99. The van der Waals surface area contributed by atoms with E-state index in [0.717, 1.165) is 16.7 Å². The van der Waals surface area contributed by atoms with E-state index in [1.54, 1.807) is 24.3 Å². The molecule has 0 spiro atoms. The standard InChI is InChI=1S/C15H15ClO3/c1-9(2)14-12(7-8-17)13(15(18)19-14)10-3-5-11(16)6-4-10/h3-6,17H,7-8H2,1-2H3. The van der Waals surface area contributed by atoms with Gasteiger partial charge in [0.25, 0.3) is 0 Å². The minimum absolute atomic E-state index is 0.0279. The Bertz CT molecular complexity index is 564. The number of cyclic esters (lactones) is 1. The summed E-state index contributed by atoms with van der Waals surface area (Å²) in [5, 5.41) is 9.79. The van der Waals surface area contributed by atoms with Crippen molar-refractivity contribution < 1.29 is 14.6 Å². The fraction of sp³-hybridized carbons (Fsp3) is 0.267. The van der Waals surface area contributed by atoms with Crippen molar-refractivity contribution in [3.63, 3.8) is 0 Å². The summed E-state index contributed by atoms with van der Waals surface area (Å²) in [5.74, 6) is 0.200. The number of hydrogen-bond donors (Lipinski definition) is 1. The molecule has 0 saturated carbocycles. The summed E-state index contributed by atoms with van der Waals surface area (Å²) in [5.41, 5.74) is 2.95. The summed E-state index contributed by atoms with van der Waals surface area (Å²) >= 11 is 5.85. The van der Waals surface area contributed by atoms with E-state index in [9.17, 15) is 9.90 Å². The third-order valence-corrected chi connectivity index (χ3v) is 3.18. The maximum absolute atomic E-state index is 12.0. The zero-order chi connectivity index (χ0) is 14.0. The van der Waals surface area contributed by atoms with E-state index in [4.69, 9.17) is 16.3 Å². The van der Waals surface area contributed by atoms with Crippen LogP contribution in [0, 0.1) is 0 Å². The third-order valence-electron chi connectivity index (χ3n) is 2.92. The Hall–Kier alpha value is -1.58. The second kappa shape index (κ2) is 5.59. The molecule has 100 valence electrons. The molecule has 1 heterocycles. The molecule has 0 bridgehead atoms. The highest BCUT2D eigenvalue weighted by molar-refractivity contribution is 6.30. The van der Waals surface area contributed by atoms with E-state index in [1.165, 1.54) is 0 Å². The monoisotopic (exact) mass is 278 g/mol. The Morgan fingerprint density at radius 1 is 1.26 bits per heavy atom. The van der Waals surface area contributed by atoms with Crippen LogP contribution in [0.25, 0.3) is 5.57 Å². The lowest BCUT2D eigenvalue weighted by molar-refractivity contribution is -0.131. The molecule has 1 aliphatic heterocycles. The van der Waals surface area contributed by atoms with E-state index in [1.807, 2.05) is 13.8 Å². The van der Waals surface area contributed by atoms with Crippen molar-refractivity contribution in [2.75, 3.05) is 6.61 Å². The van der Waals surface area contributed by atoms with E-state index < -0.39 is 0 Å². The van der Waals surface area contributed by atoms with Crippen molar-refractivity contribution >= 4 is 23.1 Å². The Kier molecular flexibility index (Phi) is 4.08. The number of aliphatic hydroxyl groups is 1. The topological polar surface area (TPSA) is 46.5 Å². The van der Waals surface area contributed by atoms with Crippen molar-refractivity contribution in [1.29, 1.82) is 0 Å². The molecule has 1 N–H and O–H groups in total. The van der Waals surface area contributed by atoms with Crippen LogP contribution < -0.4 is 0 Å². The minimum atomic E-state index is -0.373. The molecule has 1 aromatic carbocycles. The maximum Gasteiger partial charge on any atom is 0.344 e. The van der Waals surface area contributed by atoms with E-state index in [0.29, 0.717) is 22.8 Å². The predicted molar refractivity (Wildman–Crippen MR) is 74.5 cm³/mol. The number of hydrogen-bond acceptors (Lipinski definition) is 3. The van der Waals surface area contributed by atoms with Gasteiger partial charge in [0.15, 0.2) is 0 Å². The van der Waals surface area contributed by atoms with Gasteiger partial charge >= 0.3 is 5.97 Å². The molecule has 4 heteroatoms. The summed E-state index contributed by atoms with van der Waals surface area (Å²) in [4.78, 5) is 12.0. The summed E-state index contributed by atoms with van der Waals surface area (Å²) in [6, 6.07) is 7.02. The van der Waals surface area contributed by atoms with Gasteiger partial charge in [-0.25, -0.2) is 4.79 Å². The van der Waals surface area contributed by atoms with Crippen molar-refractivity contribution in [1.82, 2.24) is 0 Å². The van der Waals surface area contributed by atoms with Gasteiger partial charge in [-0.3, -0.25) is 0 Å². The van der Waals surface area contributed by atoms with Gasteiger partial charge in [-0.15, -0.1) is 0 Å². The maximum atomic E-state index is 12.0. The highest BCUT2D eigenvalue weighted by Gasteiger charge is 2.30. The quantitative estimate of drug-likeness (QED) is 0.863. The van der Waals surface area contributed by atoms with Crippen molar-refractivity contribution in [2.45, 2.75) is 20.3 Å². The first-order valence-electron chi connectivity index (χ1n) is 6.04. The Morgan fingerprint density at radius 2 is 1.89 bits per heavy atom. The molecule has 0 saturated heterocycles. The number of ether oxygens (including phenoxy) is 1. The Morgan fingerprint density at radius 3 is 2.42 bits per heavy atom. The summed E-state index contributed by atoms with van der Waals surface area (Å²) in [7, 11) is 0. The number of halogens is 1. The molecule has 0 aromatic heterocycles. The fourth-order valence-corrected chi connectivity index (χ4v) is 2.23. The molecule has 0 fully saturated rings. The van der Waals surface area contributed by atoms with Crippen LogP contribution in [0.5, 0.6) is 0 Å². The van der Waals surface area contributed by atoms with Gasteiger partial charge in [0.1, 0.15) is 5.76 Å². The van der Waals surface area contributed by atoms with E-state index in [-0.39, 0.29) is 12.6 Å². The van der Waals surface area contributed by atoms with E-state index in [2.05, 4.69) is 0 Å². The molecular formula is C15H15ClO3. The van der Waals surface area contributed by atoms with Crippen LogP contribution in [-0.4, -0.2) is 17.7 Å². The van der Waals surface area contributed by atoms with Gasteiger partial charge < -0.3 is 9.84 Å². The highest BCUT2D eigenvalue weighted by atomic mass is 35.5. The van der Waals surface area contributed by atoms with Crippen molar-refractivity contribution in [3.05, 3.63) is 51.8 Å². The first kappa shape index (κ1) is 13.8. The minimum Gasteiger partial charge on any atom is -0.423 e. The van der Waals surface area contributed by atoms with Gasteiger partial charge in [0, 0.05) is 23.6 Å². The SMILES string of the molecule is CC(C)=C1OC(=O)C(c2ccc(Cl)cc2)=C1CCO. The molecule has 0 unspecified atom stereocenters. The lowest BCUT2D eigenvalue weighted by Gasteiger charge is -2.05. The molecule has 1 aromatic rings. The zero-order valence-corrected chi connectivity index (χ0v) is 11.6. The number of carbonyl (C=O) groups is 1. The average molecular weight is 279 g/mol. The molecule has 0 amide bonds. The number of aliphatic hydroxyl groups excluding tert-OH is 1. The summed E-state index contributed by atoms with van der Waals surface area (Å²) in [6.07, 6.45) is 0.393. The third kappa shape index (κ3) is 2.72. The lowest BCUT2D eigenvalue weighted by atomic mass is 9.97.